The van der Waals surface area contributed by atoms with Crippen LogP contribution in [0.25, 0.3) is 0 Å². The first-order chi connectivity index (χ1) is 8.41. The van der Waals surface area contributed by atoms with E-state index in [1.54, 1.807) is 6.92 Å². The Morgan fingerprint density at radius 2 is 1.89 bits per heavy atom. The molecule has 3 nitrogen and oxygen atoms in total. The van der Waals surface area contributed by atoms with Crippen LogP contribution in [0.2, 0.25) is 0 Å². The van der Waals surface area contributed by atoms with Crippen molar-refractivity contribution in [1.82, 2.24) is 4.98 Å². The van der Waals surface area contributed by atoms with E-state index < -0.39 is 12.1 Å². The van der Waals surface area contributed by atoms with Gasteiger partial charge in [-0.05, 0) is 32.6 Å². The molecule has 6 heteroatoms. The first-order valence-corrected chi connectivity index (χ1v) is 6.05. The maximum absolute atomic E-state index is 12.5. The number of hydrogen-bond acceptors (Lipinski definition) is 3. The van der Waals surface area contributed by atoms with Crippen LogP contribution in [0.5, 0.6) is 0 Å². The number of alkyl halides is 3. The third kappa shape index (κ3) is 2.68. The summed E-state index contributed by atoms with van der Waals surface area (Å²) in [5.74, 6) is -0.371. The molecule has 102 valence electrons. The number of hydrogen-bond donors (Lipinski definition) is 1. The molecule has 0 spiro atoms. The molecule has 0 radical (unpaired) electrons. The number of halogens is 3. The highest BCUT2D eigenvalue weighted by molar-refractivity contribution is 5.09. The van der Waals surface area contributed by atoms with Crippen LogP contribution in [-0.4, -0.2) is 16.3 Å². The van der Waals surface area contributed by atoms with Gasteiger partial charge in [0.15, 0.2) is 11.7 Å². The van der Waals surface area contributed by atoms with Crippen LogP contribution in [0, 0.1) is 12.8 Å². The quantitative estimate of drug-likeness (QED) is 0.890. The van der Waals surface area contributed by atoms with E-state index in [-0.39, 0.29) is 25.4 Å². The van der Waals surface area contributed by atoms with E-state index >= 15 is 0 Å². The highest BCUT2D eigenvalue weighted by atomic mass is 19.4. The summed E-state index contributed by atoms with van der Waals surface area (Å²) in [6, 6.07) is 0. The molecule has 2 rings (SSSR count). The second kappa shape index (κ2) is 4.91. The summed E-state index contributed by atoms with van der Waals surface area (Å²) in [5.41, 5.74) is 0.616. The van der Waals surface area contributed by atoms with Crippen LogP contribution in [0.15, 0.2) is 4.42 Å². The molecule has 0 bridgehead atoms. The van der Waals surface area contributed by atoms with Gasteiger partial charge < -0.3 is 9.52 Å². The number of aliphatic hydroxyl groups is 1. The molecular weight excluding hydrogens is 247 g/mol. The van der Waals surface area contributed by atoms with Crippen LogP contribution in [-0.2, 0) is 6.61 Å². The molecule has 1 N–H and O–H groups in total. The molecule has 0 aliphatic heterocycles. The van der Waals surface area contributed by atoms with Crippen LogP contribution in [0.4, 0.5) is 13.2 Å². The zero-order valence-corrected chi connectivity index (χ0v) is 10.1. The Morgan fingerprint density at radius 3 is 2.33 bits per heavy atom. The predicted octanol–water partition coefficient (Wildman–Crippen LogP) is 3.31. The van der Waals surface area contributed by atoms with Gasteiger partial charge in [-0.3, -0.25) is 0 Å². The molecule has 0 saturated heterocycles. The Hall–Kier alpha value is -1.04. The van der Waals surface area contributed by atoms with Crippen molar-refractivity contribution in [3.63, 3.8) is 0 Å². The standard InChI is InChI=1S/C12H16F3NO2/c1-7-10(6-17)18-11(16-7)8-2-4-9(5-3-8)12(13,14)15/h8-9,17H,2-6H2,1H3/t8-,9-. The molecule has 1 aliphatic carbocycles. The van der Waals surface area contributed by atoms with Crippen molar-refractivity contribution < 1.29 is 22.7 Å². The normalized spacial score (nSPS) is 25.4. The molecule has 1 aromatic heterocycles. The fourth-order valence-corrected chi connectivity index (χ4v) is 2.44. The zero-order valence-electron chi connectivity index (χ0n) is 10.1. The fraction of sp³-hybridized carbons (Fsp3) is 0.750. The van der Waals surface area contributed by atoms with E-state index in [4.69, 9.17) is 9.52 Å². The first kappa shape index (κ1) is 13.4. The lowest BCUT2D eigenvalue weighted by Crippen LogP contribution is -2.27. The minimum absolute atomic E-state index is 0.0531. The largest absolute Gasteiger partial charge is 0.443 e. The van der Waals surface area contributed by atoms with Crippen LogP contribution >= 0.6 is 0 Å². The number of aromatic nitrogens is 1. The number of aliphatic hydroxyl groups excluding tert-OH is 1. The van der Waals surface area contributed by atoms with Gasteiger partial charge in [0.2, 0.25) is 0 Å². The van der Waals surface area contributed by atoms with Crippen LogP contribution < -0.4 is 0 Å². The topological polar surface area (TPSA) is 46.3 Å². The third-order valence-corrected chi connectivity index (χ3v) is 3.59. The van der Waals surface area contributed by atoms with Crippen molar-refractivity contribution in [3.8, 4) is 0 Å². The van der Waals surface area contributed by atoms with E-state index in [2.05, 4.69) is 4.98 Å². The molecule has 1 aromatic rings. The van der Waals surface area contributed by atoms with Crippen molar-refractivity contribution in [2.75, 3.05) is 0 Å². The Morgan fingerprint density at radius 1 is 1.28 bits per heavy atom. The lowest BCUT2D eigenvalue weighted by Gasteiger charge is -2.28. The average molecular weight is 263 g/mol. The summed E-state index contributed by atoms with van der Waals surface area (Å²) in [5, 5.41) is 9.00. The number of aryl methyl sites for hydroxylation is 1. The number of nitrogens with zero attached hydrogens (tertiary/aromatic N) is 1. The van der Waals surface area contributed by atoms with Gasteiger partial charge >= 0.3 is 6.18 Å². The average Bonchev–Trinajstić information content (AvgIpc) is 2.69. The molecule has 18 heavy (non-hydrogen) atoms. The summed E-state index contributed by atoms with van der Waals surface area (Å²) >= 11 is 0. The Kier molecular flexibility index (Phi) is 3.66. The van der Waals surface area contributed by atoms with Gasteiger partial charge in [0.05, 0.1) is 11.6 Å². The van der Waals surface area contributed by atoms with E-state index in [9.17, 15) is 13.2 Å². The predicted molar refractivity (Wildman–Crippen MR) is 57.9 cm³/mol. The Bertz CT molecular complexity index is 406. The maximum atomic E-state index is 12.5. The monoisotopic (exact) mass is 263 g/mol. The van der Waals surface area contributed by atoms with E-state index in [1.807, 2.05) is 0 Å². The van der Waals surface area contributed by atoms with Gasteiger partial charge in [0.25, 0.3) is 0 Å². The molecule has 0 amide bonds. The van der Waals surface area contributed by atoms with Crippen molar-refractivity contribution in [2.45, 2.75) is 51.3 Å². The highest BCUT2D eigenvalue weighted by Gasteiger charge is 2.42. The number of rotatable bonds is 2. The zero-order chi connectivity index (χ0) is 13.3. The van der Waals surface area contributed by atoms with Gasteiger partial charge in [-0.25, -0.2) is 4.98 Å². The molecule has 0 aromatic carbocycles. The van der Waals surface area contributed by atoms with Crippen molar-refractivity contribution >= 4 is 0 Å². The summed E-state index contributed by atoms with van der Waals surface area (Å²) in [4.78, 5) is 4.18. The summed E-state index contributed by atoms with van der Waals surface area (Å²) in [7, 11) is 0. The maximum Gasteiger partial charge on any atom is 0.391 e. The minimum Gasteiger partial charge on any atom is -0.443 e. The fourth-order valence-electron chi connectivity index (χ4n) is 2.44. The third-order valence-electron chi connectivity index (χ3n) is 3.59. The van der Waals surface area contributed by atoms with E-state index in [0.29, 0.717) is 30.2 Å². The smallest absolute Gasteiger partial charge is 0.391 e. The van der Waals surface area contributed by atoms with Gasteiger partial charge in [-0.15, -0.1) is 0 Å². The summed E-state index contributed by atoms with van der Waals surface area (Å²) < 4.78 is 42.9. The molecule has 1 aliphatic rings. The Labute approximate surface area is 103 Å². The lowest BCUT2D eigenvalue weighted by molar-refractivity contribution is -0.182. The molecule has 0 atom stereocenters. The van der Waals surface area contributed by atoms with E-state index in [1.165, 1.54) is 0 Å². The minimum atomic E-state index is -4.09. The van der Waals surface area contributed by atoms with Crippen molar-refractivity contribution in [2.24, 2.45) is 5.92 Å². The van der Waals surface area contributed by atoms with Gasteiger partial charge in [-0.1, -0.05) is 0 Å². The molecular formula is C12H16F3NO2. The second-order valence-corrected chi connectivity index (χ2v) is 4.81. The summed E-state index contributed by atoms with van der Waals surface area (Å²) in [6.07, 6.45) is -2.95. The lowest BCUT2D eigenvalue weighted by atomic mass is 9.81. The SMILES string of the molecule is Cc1nc([C@H]2CC[C@H](C(F)(F)F)CC2)oc1CO. The highest BCUT2D eigenvalue weighted by Crippen LogP contribution is 2.42. The Balaban J connectivity index is 2.01. The number of oxazole rings is 1. The second-order valence-electron chi connectivity index (χ2n) is 4.81. The molecule has 1 heterocycles. The van der Waals surface area contributed by atoms with Gasteiger partial charge in [0.1, 0.15) is 6.61 Å². The summed E-state index contributed by atoms with van der Waals surface area (Å²) in [6.45, 7) is 1.50. The first-order valence-electron chi connectivity index (χ1n) is 6.05. The molecule has 1 fully saturated rings. The van der Waals surface area contributed by atoms with Gasteiger partial charge in [0, 0.05) is 5.92 Å². The van der Waals surface area contributed by atoms with Gasteiger partial charge in [-0.2, -0.15) is 13.2 Å². The van der Waals surface area contributed by atoms with Crippen LogP contribution in [0.1, 0.15) is 48.9 Å². The van der Waals surface area contributed by atoms with E-state index in [0.717, 1.165) is 0 Å². The molecule has 0 unspecified atom stereocenters. The van der Waals surface area contributed by atoms with Crippen LogP contribution in [0.3, 0.4) is 0 Å². The van der Waals surface area contributed by atoms with Crippen molar-refractivity contribution in [3.05, 3.63) is 17.3 Å². The molecule has 1 saturated carbocycles. The van der Waals surface area contributed by atoms with Crippen molar-refractivity contribution in [1.29, 1.82) is 0 Å².